The third-order valence-corrected chi connectivity index (χ3v) is 3.05. The Morgan fingerprint density at radius 1 is 1.40 bits per heavy atom. The van der Waals surface area contributed by atoms with Crippen molar-refractivity contribution in [2.24, 2.45) is 7.05 Å². The first-order valence-electron chi connectivity index (χ1n) is 6.13. The van der Waals surface area contributed by atoms with Crippen LogP contribution in [-0.4, -0.2) is 23.0 Å². The van der Waals surface area contributed by atoms with Crippen LogP contribution >= 0.6 is 0 Å². The van der Waals surface area contributed by atoms with Gasteiger partial charge >= 0.3 is 0 Å². The molecular formula is C14H13N3O3. The summed E-state index contributed by atoms with van der Waals surface area (Å²) in [6, 6.07) is 8.65. The van der Waals surface area contributed by atoms with Gasteiger partial charge in [-0.05, 0) is 24.3 Å². The zero-order valence-corrected chi connectivity index (χ0v) is 10.8. The molecule has 2 heterocycles. The summed E-state index contributed by atoms with van der Waals surface area (Å²) < 4.78 is 7.04. The van der Waals surface area contributed by atoms with Crippen molar-refractivity contribution in [3.63, 3.8) is 0 Å². The summed E-state index contributed by atoms with van der Waals surface area (Å²) in [5.74, 6) is 0.171. The van der Waals surface area contributed by atoms with Gasteiger partial charge in [0.1, 0.15) is 11.4 Å². The van der Waals surface area contributed by atoms with Crippen molar-refractivity contribution in [3.05, 3.63) is 42.2 Å². The number of carbonyl (C=O) groups excluding carboxylic acids is 2. The number of aromatic nitrogens is 1. The van der Waals surface area contributed by atoms with Gasteiger partial charge < -0.3 is 19.9 Å². The van der Waals surface area contributed by atoms with Crippen LogP contribution in [0.15, 0.2) is 36.5 Å². The molecule has 0 saturated carbocycles. The minimum absolute atomic E-state index is 0.0117. The number of hydrogen-bond donors (Lipinski definition) is 2. The van der Waals surface area contributed by atoms with Crippen molar-refractivity contribution in [3.8, 4) is 5.75 Å². The lowest BCUT2D eigenvalue weighted by atomic mass is 10.2. The molecule has 0 aliphatic carbocycles. The molecule has 6 nitrogen and oxygen atoms in total. The average molecular weight is 271 g/mol. The number of anilines is 2. The topological polar surface area (TPSA) is 72.4 Å². The molecule has 102 valence electrons. The highest BCUT2D eigenvalue weighted by atomic mass is 16.5. The monoisotopic (exact) mass is 271 g/mol. The molecule has 0 unspecified atom stereocenters. The summed E-state index contributed by atoms with van der Waals surface area (Å²) in [5.41, 5.74) is 1.79. The number of benzene rings is 1. The van der Waals surface area contributed by atoms with Gasteiger partial charge in [0.15, 0.2) is 6.61 Å². The minimum atomic E-state index is -0.197. The summed E-state index contributed by atoms with van der Waals surface area (Å²) in [6.07, 6.45) is 1.81. The van der Waals surface area contributed by atoms with Gasteiger partial charge in [0.05, 0.1) is 5.69 Å². The molecule has 3 rings (SSSR count). The molecule has 2 aromatic rings. The first kappa shape index (κ1) is 12.3. The predicted molar refractivity (Wildman–Crippen MR) is 73.9 cm³/mol. The van der Waals surface area contributed by atoms with Gasteiger partial charge in [-0.3, -0.25) is 9.59 Å². The Morgan fingerprint density at radius 3 is 3.00 bits per heavy atom. The van der Waals surface area contributed by atoms with Crippen LogP contribution in [0, 0.1) is 0 Å². The summed E-state index contributed by atoms with van der Waals surface area (Å²) in [6.45, 7) is -0.0117. The zero-order chi connectivity index (χ0) is 14.1. The third-order valence-electron chi connectivity index (χ3n) is 3.05. The van der Waals surface area contributed by atoms with Crippen molar-refractivity contribution >= 4 is 23.2 Å². The van der Waals surface area contributed by atoms with Gasteiger partial charge in [-0.15, -0.1) is 0 Å². The highest BCUT2D eigenvalue weighted by Crippen LogP contribution is 2.30. The maximum atomic E-state index is 12.1. The van der Waals surface area contributed by atoms with E-state index in [2.05, 4.69) is 10.6 Å². The number of nitrogens with one attached hydrogen (secondary N) is 2. The molecule has 2 N–H and O–H groups in total. The highest BCUT2D eigenvalue weighted by molar-refractivity contribution is 6.04. The Morgan fingerprint density at radius 2 is 2.25 bits per heavy atom. The minimum Gasteiger partial charge on any atom is -0.482 e. The molecule has 0 radical (unpaired) electrons. The Bertz CT molecular complexity index is 691. The largest absolute Gasteiger partial charge is 0.482 e. The van der Waals surface area contributed by atoms with Crippen LogP contribution in [0.3, 0.4) is 0 Å². The molecule has 0 saturated heterocycles. The van der Waals surface area contributed by atoms with E-state index in [0.717, 1.165) is 0 Å². The molecule has 6 heteroatoms. The third kappa shape index (κ3) is 2.23. The number of ether oxygens (including phenoxy) is 1. The molecule has 1 aromatic carbocycles. The molecule has 0 fully saturated rings. The number of amides is 2. The molecule has 0 bridgehead atoms. The van der Waals surface area contributed by atoms with E-state index in [1.807, 2.05) is 0 Å². The standard InChI is InChI=1S/C14H13N3O3/c1-17-6-2-3-11(17)14(19)15-9-4-5-10-12(7-9)20-8-13(18)16-10/h2-7H,8H2,1H3,(H,15,19)(H,16,18). The van der Waals surface area contributed by atoms with Crippen LogP contribution < -0.4 is 15.4 Å². The van der Waals surface area contributed by atoms with E-state index in [9.17, 15) is 9.59 Å². The van der Waals surface area contributed by atoms with E-state index in [-0.39, 0.29) is 18.4 Å². The maximum absolute atomic E-state index is 12.1. The Labute approximate surface area is 115 Å². The van der Waals surface area contributed by atoms with Crippen molar-refractivity contribution in [2.75, 3.05) is 17.2 Å². The molecular weight excluding hydrogens is 258 g/mol. The maximum Gasteiger partial charge on any atom is 0.272 e. The lowest BCUT2D eigenvalue weighted by Crippen LogP contribution is -2.25. The zero-order valence-electron chi connectivity index (χ0n) is 10.8. The lowest BCUT2D eigenvalue weighted by Gasteiger charge is -2.18. The second-order valence-corrected chi connectivity index (χ2v) is 4.51. The van der Waals surface area contributed by atoms with Crippen molar-refractivity contribution in [2.45, 2.75) is 0 Å². The van der Waals surface area contributed by atoms with Crippen LogP contribution in [0.4, 0.5) is 11.4 Å². The quantitative estimate of drug-likeness (QED) is 0.871. The van der Waals surface area contributed by atoms with Crippen molar-refractivity contribution in [1.29, 1.82) is 0 Å². The number of fused-ring (bicyclic) bond motifs is 1. The second kappa shape index (κ2) is 4.73. The summed E-state index contributed by atoms with van der Waals surface area (Å²) in [5, 5.41) is 5.49. The molecule has 1 aliphatic rings. The summed E-state index contributed by atoms with van der Waals surface area (Å²) in [7, 11) is 1.81. The van der Waals surface area contributed by atoms with Gasteiger partial charge in [-0.25, -0.2) is 0 Å². The van der Waals surface area contributed by atoms with E-state index in [0.29, 0.717) is 22.8 Å². The van der Waals surface area contributed by atoms with Crippen molar-refractivity contribution < 1.29 is 14.3 Å². The van der Waals surface area contributed by atoms with Gasteiger partial charge in [-0.2, -0.15) is 0 Å². The molecule has 0 spiro atoms. The predicted octanol–water partition coefficient (Wildman–Crippen LogP) is 1.61. The Kier molecular flexibility index (Phi) is 2.90. The van der Waals surface area contributed by atoms with Gasteiger partial charge in [0.25, 0.3) is 11.8 Å². The van der Waals surface area contributed by atoms with E-state index in [1.54, 1.807) is 48.1 Å². The van der Waals surface area contributed by atoms with E-state index in [1.165, 1.54) is 0 Å². The van der Waals surface area contributed by atoms with Gasteiger partial charge in [0, 0.05) is 25.0 Å². The van der Waals surface area contributed by atoms with E-state index in [4.69, 9.17) is 4.74 Å². The van der Waals surface area contributed by atoms with E-state index < -0.39 is 0 Å². The Hall–Kier alpha value is -2.76. The lowest BCUT2D eigenvalue weighted by molar-refractivity contribution is -0.118. The van der Waals surface area contributed by atoms with Crippen molar-refractivity contribution in [1.82, 2.24) is 4.57 Å². The SMILES string of the molecule is Cn1cccc1C(=O)Nc1ccc2c(c1)OCC(=O)N2. The van der Waals surface area contributed by atoms with Crippen LogP contribution in [-0.2, 0) is 11.8 Å². The molecule has 0 atom stereocenters. The fourth-order valence-electron chi connectivity index (χ4n) is 2.04. The smallest absolute Gasteiger partial charge is 0.272 e. The van der Waals surface area contributed by atoms with Crippen LogP contribution in [0.5, 0.6) is 5.75 Å². The Balaban J connectivity index is 1.80. The van der Waals surface area contributed by atoms with Crippen LogP contribution in [0.25, 0.3) is 0 Å². The normalized spacial score (nSPS) is 13.2. The number of aryl methyl sites for hydroxylation is 1. The number of rotatable bonds is 2. The summed E-state index contributed by atoms with van der Waals surface area (Å²) >= 11 is 0. The molecule has 1 aliphatic heterocycles. The second-order valence-electron chi connectivity index (χ2n) is 4.51. The average Bonchev–Trinajstić information content (AvgIpc) is 2.85. The number of nitrogens with zero attached hydrogens (tertiary/aromatic N) is 1. The molecule has 2 amide bonds. The first-order chi connectivity index (χ1) is 9.63. The summed E-state index contributed by atoms with van der Waals surface area (Å²) in [4.78, 5) is 23.2. The number of carbonyl (C=O) groups is 2. The first-order valence-corrected chi connectivity index (χ1v) is 6.13. The van der Waals surface area contributed by atoms with Crippen LogP contribution in [0.1, 0.15) is 10.5 Å². The molecule has 1 aromatic heterocycles. The van der Waals surface area contributed by atoms with E-state index >= 15 is 0 Å². The van der Waals surface area contributed by atoms with Crippen LogP contribution in [0.2, 0.25) is 0 Å². The molecule has 20 heavy (non-hydrogen) atoms. The highest BCUT2D eigenvalue weighted by Gasteiger charge is 2.17. The fraction of sp³-hybridized carbons (Fsp3) is 0.143. The number of hydrogen-bond acceptors (Lipinski definition) is 3. The van der Waals surface area contributed by atoms with Gasteiger partial charge in [0.2, 0.25) is 0 Å². The fourth-order valence-corrected chi connectivity index (χ4v) is 2.04. The van der Waals surface area contributed by atoms with Gasteiger partial charge in [-0.1, -0.05) is 0 Å².